The maximum Gasteiger partial charge on any atom is 0.296 e. The molecule has 0 aromatic heterocycles. The van der Waals surface area contributed by atoms with E-state index in [0.717, 1.165) is 31.4 Å². The number of aryl methyl sites for hydroxylation is 3. The fourth-order valence-electron chi connectivity index (χ4n) is 2.81. The van der Waals surface area contributed by atoms with Crippen LogP contribution in [0.5, 0.6) is 0 Å². The summed E-state index contributed by atoms with van der Waals surface area (Å²) in [6, 6.07) is 27.0. The molecular weight excluding hydrogens is 394 g/mol. The second-order valence-electron chi connectivity index (χ2n) is 7.06. The van der Waals surface area contributed by atoms with Crippen LogP contribution < -0.4 is 5.73 Å². The summed E-state index contributed by atoms with van der Waals surface area (Å²) in [6.07, 6.45) is 3.68. The van der Waals surface area contributed by atoms with Gasteiger partial charge in [-0.15, -0.1) is 0 Å². The second-order valence-corrected chi connectivity index (χ2v) is 8.67. The van der Waals surface area contributed by atoms with Crippen molar-refractivity contribution in [3.8, 4) is 0 Å². The first-order valence-corrected chi connectivity index (χ1v) is 11.7. The molecule has 0 bridgehead atoms. The highest BCUT2D eigenvalue weighted by atomic mass is 32.2. The molecule has 0 saturated heterocycles. The molecule has 0 heterocycles. The lowest BCUT2D eigenvalue weighted by atomic mass is 10.1. The zero-order chi connectivity index (χ0) is 21.7. The van der Waals surface area contributed by atoms with Crippen LogP contribution in [0.3, 0.4) is 0 Å². The van der Waals surface area contributed by atoms with Crippen molar-refractivity contribution in [3.05, 3.63) is 102 Å². The molecule has 0 aliphatic rings. The molecule has 3 aromatic rings. The lowest BCUT2D eigenvalue weighted by Gasteiger charge is -2.06. The van der Waals surface area contributed by atoms with Gasteiger partial charge in [0.2, 0.25) is 0 Å². The van der Waals surface area contributed by atoms with Gasteiger partial charge in [0.15, 0.2) is 0 Å². The lowest BCUT2D eigenvalue weighted by molar-refractivity contribution is 0.312. The summed E-state index contributed by atoms with van der Waals surface area (Å²) in [5.41, 5.74) is 8.96. The van der Waals surface area contributed by atoms with Gasteiger partial charge in [0.25, 0.3) is 10.1 Å². The summed E-state index contributed by atoms with van der Waals surface area (Å²) in [6.45, 7) is 2.90. The summed E-state index contributed by atoms with van der Waals surface area (Å²) in [7, 11) is -3.63. The zero-order valence-electron chi connectivity index (χ0n) is 17.5. The van der Waals surface area contributed by atoms with E-state index in [1.54, 1.807) is 24.3 Å². The summed E-state index contributed by atoms with van der Waals surface area (Å²) in [4.78, 5) is 0.211. The highest BCUT2D eigenvalue weighted by Gasteiger charge is 2.14. The number of benzene rings is 3. The average molecular weight is 426 g/mol. The van der Waals surface area contributed by atoms with Gasteiger partial charge in [-0.2, -0.15) is 8.42 Å². The van der Waals surface area contributed by atoms with Crippen LogP contribution in [-0.4, -0.2) is 21.6 Å². The molecule has 0 spiro atoms. The Bertz CT molecular complexity index is 941. The Morgan fingerprint density at radius 3 is 1.73 bits per heavy atom. The topological polar surface area (TPSA) is 69.4 Å². The van der Waals surface area contributed by atoms with E-state index in [1.807, 2.05) is 43.3 Å². The van der Waals surface area contributed by atoms with Gasteiger partial charge in [-0.05, 0) is 62.4 Å². The maximum atomic E-state index is 11.9. The van der Waals surface area contributed by atoms with E-state index in [4.69, 9.17) is 9.92 Å². The van der Waals surface area contributed by atoms with Crippen molar-refractivity contribution in [2.45, 2.75) is 37.5 Å². The number of nitrogens with two attached hydrogens (primary N) is 1. The van der Waals surface area contributed by atoms with E-state index in [1.165, 1.54) is 11.1 Å². The highest BCUT2D eigenvalue weighted by Crippen LogP contribution is 2.14. The van der Waals surface area contributed by atoms with Gasteiger partial charge in [0.1, 0.15) is 0 Å². The third kappa shape index (κ3) is 8.91. The van der Waals surface area contributed by atoms with Crippen molar-refractivity contribution < 1.29 is 12.6 Å². The average Bonchev–Trinajstić information content (AvgIpc) is 2.77. The van der Waals surface area contributed by atoms with Crippen LogP contribution in [0.2, 0.25) is 0 Å². The first kappa shape index (κ1) is 23.8. The fraction of sp³-hybridized carbons (Fsp3) is 0.280. The molecule has 0 atom stereocenters. The van der Waals surface area contributed by atoms with Crippen LogP contribution in [0.4, 0.5) is 0 Å². The quantitative estimate of drug-likeness (QED) is 0.391. The van der Waals surface area contributed by atoms with Crippen molar-refractivity contribution in [3.63, 3.8) is 0 Å². The van der Waals surface area contributed by atoms with E-state index in [-0.39, 0.29) is 11.5 Å². The predicted molar refractivity (Wildman–Crippen MR) is 123 cm³/mol. The molecule has 0 fully saturated rings. The van der Waals surface area contributed by atoms with E-state index >= 15 is 0 Å². The first-order chi connectivity index (χ1) is 14.5. The van der Waals surface area contributed by atoms with Crippen LogP contribution in [0.1, 0.15) is 29.5 Å². The van der Waals surface area contributed by atoms with E-state index < -0.39 is 10.1 Å². The molecule has 2 N–H and O–H groups in total. The Hall–Kier alpha value is -2.47. The van der Waals surface area contributed by atoms with Crippen molar-refractivity contribution >= 4 is 10.1 Å². The van der Waals surface area contributed by atoms with Crippen LogP contribution in [0.15, 0.2) is 89.8 Å². The Kier molecular flexibility index (Phi) is 10.3. The van der Waals surface area contributed by atoms with Gasteiger partial charge in [-0.3, -0.25) is 4.18 Å². The van der Waals surface area contributed by atoms with Crippen LogP contribution >= 0.6 is 0 Å². The Morgan fingerprint density at radius 1 is 0.733 bits per heavy atom. The third-order valence-electron chi connectivity index (χ3n) is 4.51. The van der Waals surface area contributed by atoms with Crippen molar-refractivity contribution in [2.75, 3.05) is 13.2 Å². The summed E-state index contributed by atoms with van der Waals surface area (Å²) < 4.78 is 28.9. The van der Waals surface area contributed by atoms with Gasteiger partial charge < -0.3 is 5.73 Å². The Morgan fingerprint density at radius 2 is 1.23 bits per heavy atom. The van der Waals surface area contributed by atoms with Crippen LogP contribution in [-0.2, 0) is 27.1 Å². The number of rotatable bonds is 9. The molecule has 30 heavy (non-hydrogen) atoms. The molecule has 0 aliphatic heterocycles. The minimum Gasteiger partial charge on any atom is -0.330 e. The van der Waals surface area contributed by atoms with E-state index in [2.05, 4.69) is 24.3 Å². The molecule has 0 unspecified atom stereocenters. The zero-order valence-corrected chi connectivity index (χ0v) is 18.4. The molecule has 0 radical (unpaired) electrons. The monoisotopic (exact) mass is 425 g/mol. The van der Waals surface area contributed by atoms with Crippen molar-refractivity contribution in [2.24, 2.45) is 5.73 Å². The first-order valence-electron chi connectivity index (χ1n) is 10.3. The van der Waals surface area contributed by atoms with Crippen molar-refractivity contribution in [1.82, 2.24) is 0 Å². The molecule has 0 saturated carbocycles. The molecule has 3 aromatic carbocycles. The van der Waals surface area contributed by atoms with Crippen LogP contribution in [0.25, 0.3) is 0 Å². The fourth-order valence-corrected chi connectivity index (χ4v) is 3.76. The Labute approximate surface area is 180 Å². The molecule has 0 aliphatic carbocycles. The lowest BCUT2D eigenvalue weighted by Crippen LogP contribution is -2.08. The minimum atomic E-state index is -3.63. The SMILES string of the molecule is Cc1ccc(S(=O)(=O)OCCCc2ccccc2)cc1.NCCCc1ccccc1. The normalized spacial score (nSPS) is 10.9. The highest BCUT2D eigenvalue weighted by molar-refractivity contribution is 7.86. The summed E-state index contributed by atoms with van der Waals surface area (Å²) in [5, 5.41) is 0. The van der Waals surface area contributed by atoms with Gasteiger partial charge in [0.05, 0.1) is 11.5 Å². The molecule has 0 amide bonds. The second kappa shape index (κ2) is 13.0. The minimum absolute atomic E-state index is 0.200. The Balaban J connectivity index is 0.000000269. The summed E-state index contributed by atoms with van der Waals surface area (Å²) >= 11 is 0. The number of hydrogen-bond acceptors (Lipinski definition) is 4. The van der Waals surface area contributed by atoms with Crippen LogP contribution in [0, 0.1) is 6.92 Å². The molecule has 4 nitrogen and oxygen atoms in total. The van der Waals surface area contributed by atoms with Gasteiger partial charge >= 0.3 is 0 Å². The predicted octanol–water partition coefficient (Wildman–Crippen LogP) is 4.91. The molecular formula is C25H31NO3S. The van der Waals surface area contributed by atoms with Gasteiger partial charge in [-0.25, -0.2) is 0 Å². The van der Waals surface area contributed by atoms with Gasteiger partial charge in [0, 0.05) is 0 Å². The number of hydrogen-bond donors (Lipinski definition) is 1. The standard InChI is InChI=1S/C16H18O3S.C9H13N/c1-14-9-11-16(12-10-14)20(17,18)19-13-5-8-15-6-3-2-4-7-15;10-8-4-7-9-5-2-1-3-6-9/h2-4,6-7,9-12H,5,8,13H2,1H3;1-3,5-6H,4,7-8,10H2. The molecule has 5 heteroatoms. The van der Waals surface area contributed by atoms with E-state index in [9.17, 15) is 8.42 Å². The van der Waals surface area contributed by atoms with E-state index in [0.29, 0.717) is 6.42 Å². The molecule has 3 rings (SSSR count). The van der Waals surface area contributed by atoms with Crippen molar-refractivity contribution in [1.29, 1.82) is 0 Å². The summed E-state index contributed by atoms with van der Waals surface area (Å²) in [5.74, 6) is 0. The maximum absolute atomic E-state index is 11.9. The largest absolute Gasteiger partial charge is 0.330 e. The third-order valence-corrected chi connectivity index (χ3v) is 5.84. The van der Waals surface area contributed by atoms with Gasteiger partial charge in [-0.1, -0.05) is 78.4 Å². The molecule has 160 valence electrons. The smallest absolute Gasteiger partial charge is 0.296 e.